The molecular weight excluding hydrogens is 220 g/mol. The Bertz CT molecular complexity index is 223. The Hall–Kier alpha value is 0.0969. The molecule has 1 saturated carbocycles. The number of hydrogen-bond donors (Lipinski definition) is 1. The van der Waals surface area contributed by atoms with Gasteiger partial charge in [0.05, 0.1) is 12.2 Å². The molecule has 0 saturated heterocycles. The van der Waals surface area contributed by atoms with Crippen molar-refractivity contribution in [1.29, 1.82) is 0 Å². The van der Waals surface area contributed by atoms with Gasteiger partial charge in [-0.05, 0) is 37.4 Å². The van der Waals surface area contributed by atoms with E-state index in [-0.39, 0.29) is 17.2 Å². The van der Waals surface area contributed by atoms with Crippen LogP contribution in [0, 0.1) is 0 Å². The van der Waals surface area contributed by atoms with Crippen molar-refractivity contribution in [3.05, 3.63) is 0 Å². The summed E-state index contributed by atoms with van der Waals surface area (Å²) < 4.78 is 5.71. The molecule has 1 rings (SSSR count). The van der Waals surface area contributed by atoms with E-state index in [1.807, 2.05) is 0 Å². The van der Waals surface area contributed by atoms with Crippen LogP contribution >= 0.6 is 0 Å². The zero-order valence-corrected chi connectivity index (χ0v) is 12.2. The number of aliphatic hydroxyl groups excluding tert-OH is 1. The van der Waals surface area contributed by atoms with E-state index in [1.165, 1.54) is 0 Å². The smallest absolute Gasteiger partial charge is 0.238 e. The molecule has 0 aromatic heterocycles. The minimum Gasteiger partial charge on any atom is -0.393 e. The molecule has 0 radical (unpaired) electrons. The lowest BCUT2D eigenvalue weighted by atomic mass is 9.95. The SMILES string of the molecule is CC(C)(C)[Si](C)(C)OO[C@@H]1CCC[C@H](O)C1. The summed E-state index contributed by atoms with van der Waals surface area (Å²) in [6, 6.07) is 0. The fraction of sp³-hybridized carbons (Fsp3) is 1.00. The van der Waals surface area contributed by atoms with E-state index in [0.29, 0.717) is 6.42 Å². The Kier molecular flexibility index (Phi) is 4.57. The molecule has 1 aliphatic carbocycles. The van der Waals surface area contributed by atoms with E-state index in [2.05, 4.69) is 33.9 Å². The van der Waals surface area contributed by atoms with Crippen LogP contribution in [-0.2, 0) is 9.46 Å². The second-order valence-electron chi connectivity index (χ2n) is 6.38. The molecule has 96 valence electrons. The van der Waals surface area contributed by atoms with Crippen LogP contribution in [0.15, 0.2) is 0 Å². The van der Waals surface area contributed by atoms with Gasteiger partial charge in [-0.2, -0.15) is 0 Å². The first-order valence-electron chi connectivity index (χ1n) is 6.25. The molecule has 2 atom stereocenters. The molecule has 0 amide bonds. The third-order valence-corrected chi connectivity index (χ3v) is 7.92. The molecule has 1 aliphatic rings. The molecule has 1 N–H and O–H groups in total. The lowest BCUT2D eigenvalue weighted by Crippen LogP contribution is -2.42. The molecule has 4 heteroatoms. The fourth-order valence-corrected chi connectivity index (χ4v) is 2.15. The maximum atomic E-state index is 9.54. The zero-order chi connectivity index (χ0) is 12.4. The van der Waals surface area contributed by atoms with Crippen LogP contribution < -0.4 is 0 Å². The Morgan fingerprint density at radius 3 is 2.31 bits per heavy atom. The summed E-state index contributed by atoms with van der Waals surface area (Å²) in [6.07, 6.45) is 3.53. The number of rotatable bonds is 3. The normalized spacial score (nSPS) is 28.1. The molecule has 0 heterocycles. The molecular formula is C12H26O3Si. The van der Waals surface area contributed by atoms with E-state index >= 15 is 0 Å². The van der Waals surface area contributed by atoms with Gasteiger partial charge in [0.15, 0.2) is 0 Å². The summed E-state index contributed by atoms with van der Waals surface area (Å²) in [7, 11) is -1.81. The van der Waals surface area contributed by atoms with Crippen LogP contribution in [0.2, 0.25) is 18.1 Å². The Morgan fingerprint density at radius 1 is 1.19 bits per heavy atom. The van der Waals surface area contributed by atoms with Crippen molar-refractivity contribution in [3.8, 4) is 0 Å². The van der Waals surface area contributed by atoms with E-state index in [9.17, 15) is 5.11 Å². The lowest BCUT2D eigenvalue weighted by Gasteiger charge is -2.36. The van der Waals surface area contributed by atoms with Crippen LogP contribution in [0.5, 0.6) is 0 Å². The maximum absolute atomic E-state index is 9.54. The molecule has 0 aromatic carbocycles. The largest absolute Gasteiger partial charge is 0.393 e. The van der Waals surface area contributed by atoms with Crippen LogP contribution in [0.1, 0.15) is 46.5 Å². The van der Waals surface area contributed by atoms with Crippen molar-refractivity contribution in [2.75, 3.05) is 0 Å². The summed E-state index contributed by atoms with van der Waals surface area (Å²) in [4.78, 5) is 5.55. The van der Waals surface area contributed by atoms with Gasteiger partial charge in [0, 0.05) is 6.42 Å². The predicted molar refractivity (Wildman–Crippen MR) is 67.6 cm³/mol. The Balaban J connectivity index is 2.39. The molecule has 0 aromatic rings. The average molecular weight is 246 g/mol. The summed E-state index contributed by atoms with van der Waals surface area (Å²) in [5.74, 6) is 0. The van der Waals surface area contributed by atoms with Crippen molar-refractivity contribution >= 4 is 8.32 Å². The van der Waals surface area contributed by atoms with E-state index < -0.39 is 8.32 Å². The van der Waals surface area contributed by atoms with Gasteiger partial charge in [-0.15, -0.1) is 0 Å². The fourth-order valence-electron chi connectivity index (χ4n) is 1.52. The molecule has 3 nitrogen and oxygen atoms in total. The topological polar surface area (TPSA) is 38.7 Å². The third kappa shape index (κ3) is 3.84. The molecule has 0 bridgehead atoms. The Labute approximate surface area is 100 Å². The second-order valence-corrected chi connectivity index (χ2v) is 11.1. The molecule has 0 unspecified atom stereocenters. The second kappa shape index (κ2) is 5.17. The summed E-state index contributed by atoms with van der Waals surface area (Å²) in [6.45, 7) is 10.9. The first-order chi connectivity index (χ1) is 7.22. The quantitative estimate of drug-likeness (QED) is 0.472. The maximum Gasteiger partial charge on any atom is 0.238 e. The third-order valence-electron chi connectivity index (χ3n) is 3.80. The Morgan fingerprint density at radius 2 is 1.81 bits per heavy atom. The van der Waals surface area contributed by atoms with Gasteiger partial charge < -0.3 is 5.11 Å². The van der Waals surface area contributed by atoms with Crippen LogP contribution in [0.25, 0.3) is 0 Å². The van der Waals surface area contributed by atoms with Crippen molar-refractivity contribution in [2.45, 2.75) is 76.8 Å². The van der Waals surface area contributed by atoms with Crippen molar-refractivity contribution in [1.82, 2.24) is 0 Å². The van der Waals surface area contributed by atoms with Gasteiger partial charge in [0.2, 0.25) is 8.32 Å². The summed E-state index contributed by atoms with van der Waals surface area (Å²) in [5, 5.41) is 9.71. The predicted octanol–water partition coefficient (Wildman–Crippen LogP) is 3.24. The highest BCUT2D eigenvalue weighted by atomic mass is 28.4. The van der Waals surface area contributed by atoms with Gasteiger partial charge in [0.1, 0.15) is 0 Å². The van der Waals surface area contributed by atoms with Gasteiger partial charge in [-0.25, -0.2) is 4.89 Å². The molecule has 0 spiro atoms. The highest BCUT2D eigenvalue weighted by molar-refractivity contribution is 6.73. The number of aliphatic hydroxyl groups is 1. The monoisotopic (exact) mass is 246 g/mol. The molecule has 1 fully saturated rings. The number of hydrogen-bond acceptors (Lipinski definition) is 3. The standard InChI is InChI=1S/C12H26O3Si/c1-12(2,3)16(4,5)15-14-11-8-6-7-10(13)9-11/h10-11,13H,6-9H2,1-5H3/t10-,11+/m0/s1. The van der Waals surface area contributed by atoms with Crippen LogP contribution in [0.3, 0.4) is 0 Å². The highest BCUT2D eigenvalue weighted by Crippen LogP contribution is 2.37. The van der Waals surface area contributed by atoms with Gasteiger partial charge in [0.25, 0.3) is 0 Å². The summed E-state index contributed by atoms with van der Waals surface area (Å²) in [5.41, 5.74) is 0. The van der Waals surface area contributed by atoms with E-state index in [1.54, 1.807) is 0 Å². The summed E-state index contributed by atoms with van der Waals surface area (Å²) >= 11 is 0. The van der Waals surface area contributed by atoms with Crippen molar-refractivity contribution in [3.63, 3.8) is 0 Å². The zero-order valence-electron chi connectivity index (χ0n) is 11.2. The van der Waals surface area contributed by atoms with Crippen LogP contribution in [-0.4, -0.2) is 25.6 Å². The van der Waals surface area contributed by atoms with E-state index in [4.69, 9.17) is 9.46 Å². The minimum atomic E-state index is -1.81. The first kappa shape index (κ1) is 14.2. The molecule has 0 aliphatic heterocycles. The molecule has 16 heavy (non-hydrogen) atoms. The highest BCUT2D eigenvalue weighted by Gasteiger charge is 2.39. The lowest BCUT2D eigenvalue weighted by molar-refractivity contribution is -0.268. The van der Waals surface area contributed by atoms with Crippen molar-refractivity contribution < 1.29 is 14.6 Å². The van der Waals surface area contributed by atoms with Crippen LogP contribution in [0.4, 0.5) is 0 Å². The van der Waals surface area contributed by atoms with Crippen molar-refractivity contribution in [2.24, 2.45) is 0 Å². The van der Waals surface area contributed by atoms with Gasteiger partial charge in [-0.3, -0.25) is 4.58 Å². The average Bonchev–Trinajstić information content (AvgIpc) is 2.13. The van der Waals surface area contributed by atoms with Gasteiger partial charge in [-0.1, -0.05) is 20.8 Å². The van der Waals surface area contributed by atoms with Gasteiger partial charge >= 0.3 is 0 Å². The van der Waals surface area contributed by atoms with E-state index in [0.717, 1.165) is 19.3 Å². The minimum absolute atomic E-state index is 0.0814. The first-order valence-corrected chi connectivity index (χ1v) is 9.16.